The summed E-state index contributed by atoms with van der Waals surface area (Å²) in [7, 11) is 0. The van der Waals surface area contributed by atoms with E-state index in [9.17, 15) is 0 Å². The van der Waals surface area contributed by atoms with Crippen molar-refractivity contribution in [3.63, 3.8) is 0 Å². The molecule has 0 aliphatic heterocycles. The van der Waals surface area contributed by atoms with Crippen LogP contribution in [0.15, 0.2) is 170 Å². The number of aryl methyl sites for hydroxylation is 2. The molecular weight excluding hydrogens is 677 g/mol. The Bertz CT molecular complexity index is 2190. The first-order valence-electron chi connectivity index (χ1n) is 19.8. The highest BCUT2D eigenvalue weighted by Gasteiger charge is 2.14. The van der Waals surface area contributed by atoms with E-state index >= 15 is 0 Å². The lowest BCUT2D eigenvalue weighted by atomic mass is 10.0. The summed E-state index contributed by atoms with van der Waals surface area (Å²) < 4.78 is 0. The fraction of sp³-hybridized carbons (Fsp3) is 0.148. The minimum absolute atomic E-state index is 0.501. The molecule has 0 unspecified atom stereocenters. The maximum atomic E-state index is 2.32. The normalized spacial score (nSPS) is 11.6. The quantitative estimate of drug-likeness (QED) is 0.116. The summed E-state index contributed by atoms with van der Waals surface area (Å²) in [5.41, 5.74) is 16.7. The van der Waals surface area contributed by atoms with Crippen molar-refractivity contribution < 1.29 is 0 Å². The van der Waals surface area contributed by atoms with Crippen LogP contribution in [-0.4, -0.2) is 0 Å². The van der Waals surface area contributed by atoms with Gasteiger partial charge >= 0.3 is 0 Å². The molecule has 56 heavy (non-hydrogen) atoms. The predicted molar refractivity (Wildman–Crippen MR) is 244 cm³/mol. The molecule has 0 saturated heterocycles. The van der Waals surface area contributed by atoms with Gasteiger partial charge in [0.25, 0.3) is 0 Å². The lowest BCUT2D eigenvalue weighted by Crippen LogP contribution is -2.10. The minimum atomic E-state index is 0.501. The molecule has 0 saturated carbocycles. The third kappa shape index (κ3) is 9.28. The van der Waals surface area contributed by atoms with Crippen LogP contribution in [0.2, 0.25) is 0 Å². The van der Waals surface area contributed by atoms with Gasteiger partial charge in [0.15, 0.2) is 0 Å². The molecule has 0 amide bonds. The van der Waals surface area contributed by atoms with Crippen molar-refractivity contribution in [2.45, 2.75) is 53.4 Å². The topological polar surface area (TPSA) is 6.48 Å². The summed E-state index contributed by atoms with van der Waals surface area (Å²) in [6.45, 7) is 13.2. The van der Waals surface area contributed by atoms with Crippen LogP contribution < -0.4 is 9.80 Å². The van der Waals surface area contributed by atoms with Crippen molar-refractivity contribution >= 4 is 58.4 Å². The smallest absolute Gasteiger partial charge is 0.0462 e. The summed E-state index contributed by atoms with van der Waals surface area (Å²) in [6.07, 6.45) is 8.73. The monoisotopic (exact) mass is 728 g/mol. The Morgan fingerprint density at radius 2 is 0.482 bits per heavy atom. The first-order valence-corrected chi connectivity index (χ1v) is 19.8. The molecule has 0 bridgehead atoms. The van der Waals surface area contributed by atoms with Gasteiger partial charge in [-0.05, 0) is 132 Å². The van der Waals surface area contributed by atoms with E-state index in [2.05, 4.69) is 246 Å². The second-order valence-corrected chi connectivity index (χ2v) is 15.4. The molecule has 0 aliphatic carbocycles. The molecule has 0 atom stereocenters. The molecule has 7 rings (SSSR count). The lowest BCUT2D eigenvalue weighted by molar-refractivity contribution is 0.866. The molecule has 0 aliphatic rings. The maximum absolute atomic E-state index is 2.32. The molecule has 278 valence electrons. The van der Waals surface area contributed by atoms with Gasteiger partial charge in [0.1, 0.15) is 0 Å². The summed E-state index contributed by atoms with van der Waals surface area (Å²) in [5, 5.41) is 0. The number of benzene rings is 7. The second-order valence-electron chi connectivity index (χ2n) is 15.4. The number of hydrogen-bond acceptors (Lipinski definition) is 2. The van der Waals surface area contributed by atoms with E-state index in [1.165, 1.54) is 33.4 Å². The molecule has 7 aromatic rings. The molecular formula is C54H52N2. The summed E-state index contributed by atoms with van der Waals surface area (Å²) in [5.74, 6) is 1.00. The number of nitrogens with zero attached hydrogens (tertiary/aromatic N) is 2. The molecule has 0 aromatic heterocycles. The van der Waals surface area contributed by atoms with E-state index in [1.807, 2.05) is 0 Å². The van der Waals surface area contributed by atoms with Gasteiger partial charge in [-0.25, -0.2) is 0 Å². The van der Waals surface area contributed by atoms with E-state index in [-0.39, 0.29) is 0 Å². The number of rotatable bonds is 12. The molecule has 0 radical (unpaired) electrons. The van der Waals surface area contributed by atoms with E-state index in [4.69, 9.17) is 0 Å². The van der Waals surface area contributed by atoms with E-state index in [0.29, 0.717) is 11.8 Å². The third-order valence-corrected chi connectivity index (χ3v) is 10.4. The highest BCUT2D eigenvalue weighted by atomic mass is 15.1. The Kier molecular flexibility index (Phi) is 11.8. The van der Waals surface area contributed by atoms with Gasteiger partial charge in [0.05, 0.1) is 0 Å². The van der Waals surface area contributed by atoms with Gasteiger partial charge < -0.3 is 9.80 Å². The Labute approximate surface area is 334 Å². The lowest BCUT2D eigenvalue weighted by Gasteiger charge is -2.26. The fourth-order valence-electron chi connectivity index (χ4n) is 6.87. The van der Waals surface area contributed by atoms with Crippen LogP contribution in [-0.2, 0) is 0 Å². The highest BCUT2D eigenvalue weighted by molar-refractivity contribution is 5.80. The van der Waals surface area contributed by atoms with Crippen LogP contribution in [0.3, 0.4) is 0 Å². The molecule has 0 N–H and O–H groups in total. The first-order chi connectivity index (χ1) is 27.2. The maximum Gasteiger partial charge on any atom is 0.0462 e. The Morgan fingerprint density at radius 1 is 0.286 bits per heavy atom. The average molecular weight is 729 g/mol. The van der Waals surface area contributed by atoms with Crippen LogP contribution in [0.4, 0.5) is 34.1 Å². The van der Waals surface area contributed by atoms with E-state index in [1.54, 1.807) is 0 Å². The summed E-state index contributed by atoms with van der Waals surface area (Å²) >= 11 is 0. The minimum Gasteiger partial charge on any atom is -0.311 e. The zero-order valence-electron chi connectivity index (χ0n) is 33.5. The van der Waals surface area contributed by atoms with Crippen molar-refractivity contribution in [3.8, 4) is 0 Å². The van der Waals surface area contributed by atoms with Gasteiger partial charge in [0, 0.05) is 34.1 Å². The average Bonchev–Trinajstić information content (AvgIpc) is 3.22. The number of hydrogen-bond donors (Lipinski definition) is 0. The second kappa shape index (κ2) is 17.4. The predicted octanol–water partition coefficient (Wildman–Crippen LogP) is 15.8. The van der Waals surface area contributed by atoms with Crippen LogP contribution >= 0.6 is 0 Å². The standard InChI is InChI=1S/C54H52N2/c1-39(2)47-23-35-53(36-24-47)55(49-27-7-41(5)8-28-49)51-31-19-45(20-32-51)17-15-43-11-13-44(14-12-43)16-18-46-21-33-52(34-22-46)56(50-29-9-42(6)10-30-50)54-37-25-48(26-38-54)40(3)4/h7-40H,1-6H3/b17-15+,18-16+. The van der Waals surface area contributed by atoms with Crippen molar-refractivity contribution in [3.05, 3.63) is 214 Å². The van der Waals surface area contributed by atoms with E-state index < -0.39 is 0 Å². The summed E-state index contributed by atoms with van der Waals surface area (Å²) in [6, 6.07) is 61.7. The van der Waals surface area contributed by atoms with Gasteiger partial charge in [-0.15, -0.1) is 0 Å². The largest absolute Gasteiger partial charge is 0.311 e. The molecule has 0 fully saturated rings. The third-order valence-electron chi connectivity index (χ3n) is 10.4. The van der Waals surface area contributed by atoms with Gasteiger partial charge in [-0.1, -0.05) is 160 Å². The van der Waals surface area contributed by atoms with Crippen molar-refractivity contribution in [2.75, 3.05) is 9.80 Å². The highest BCUT2D eigenvalue weighted by Crippen LogP contribution is 2.37. The zero-order valence-corrected chi connectivity index (χ0v) is 33.5. The van der Waals surface area contributed by atoms with Crippen LogP contribution in [0.1, 0.15) is 84.0 Å². The molecule has 0 heterocycles. The molecule has 0 spiro atoms. The van der Waals surface area contributed by atoms with Crippen LogP contribution in [0, 0.1) is 13.8 Å². The van der Waals surface area contributed by atoms with Crippen LogP contribution in [0.25, 0.3) is 24.3 Å². The molecule has 7 aromatic carbocycles. The SMILES string of the molecule is Cc1ccc(N(c2ccc(/C=C/c3ccc(/C=C/c4ccc(N(c5ccc(C)cc5)c5ccc(C(C)C)cc5)cc4)cc3)cc2)c2ccc(C(C)C)cc2)cc1. The van der Waals surface area contributed by atoms with Gasteiger partial charge in [-0.2, -0.15) is 0 Å². The van der Waals surface area contributed by atoms with Crippen molar-refractivity contribution in [1.29, 1.82) is 0 Å². The van der Waals surface area contributed by atoms with Crippen molar-refractivity contribution in [2.24, 2.45) is 0 Å². The molecule has 2 heteroatoms. The van der Waals surface area contributed by atoms with Crippen LogP contribution in [0.5, 0.6) is 0 Å². The fourth-order valence-corrected chi connectivity index (χ4v) is 6.87. The van der Waals surface area contributed by atoms with Gasteiger partial charge in [0.2, 0.25) is 0 Å². The Morgan fingerprint density at radius 3 is 0.714 bits per heavy atom. The number of anilines is 6. The summed E-state index contributed by atoms with van der Waals surface area (Å²) in [4.78, 5) is 4.65. The van der Waals surface area contributed by atoms with Crippen molar-refractivity contribution in [1.82, 2.24) is 0 Å². The Hall–Kier alpha value is -6.38. The first kappa shape index (κ1) is 37.9. The Balaban J connectivity index is 1.02. The van der Waals surface area contributed by atoms with E-state index in [0.717, 1.165) is 45.3 Å². The molecule has 2 nitrogen and oxygen atoms in total. The van der Waals surface area contributed by atoms with Gasteiger partial charge in [-0.3, -0.25) is 0 Å². The zero-order chi connectivity index (χ0) is 39.0.